The molecule has 0 atom stereocenters. The van der Waals surface area contributed by atoms with Crippen molar-refractivity contribution >= 4 is 35.3 Å². The van der Waals surface area contributed by atoms with Crippen molar-refractivity contribution in [2.45, 2.75) is 18.6 Å². The number of benzene rings is 2. The summed E-state index contributed by atoms with van der Waals surface area (Å²) in [6.07, 6.45) is 1.72. The van der Waals surface area contributed by atoms with Gasteiger partial charge < -0.3 is 19.5 Å². The predicted octanol–water partition coefficient (Wildman–Crippen LogP) is 3.83. The number of aromatic nitrogens is 3. The fourth-order valence-electron chi connectivity index (χ4n) is 3.27. The van der Waals surface area contributed by atoms with Crippen molar-refractivity contribution in [1.29, 1.82) is 0 Å². The number of ether oxygens (including phenoxy) is 3. The molecule has 0 radical (unpaired) electrons. The lowest BCUT2D eigenvalue weighted by molar-refractivity contribution is -0.113. The first-order valence-electron chi connectivity index (χ1n) is 10.9. The van der Waals surface area contributed by atoms with Crippen LogP contribution in [0.2, 0.25) is 0 Å². The Kier molecular flexibility index (Phi) is 9.23. The van der Waals surface area contributed by atoms with Crippen LogP contribution in [-0.2, 0) is 20.8 Å². The molecule has 0 aliphatic carbocycles. The van der Waals surface area contributed by atoms with Gasteiger partial charge in [-0.2, -0.15) is 0 Å². The molecule has 2 aromatic carbocycles. The second-order valence-electron chi connectivity index (χ2n) is 7.28. The van der Waals surface area contributed by atoms with E-state index < -0.39 is 11.9 Å². The number of thioether (sulfide) groups is 1. The summed E-state index contributed by atoms with van der Waals surface area (Å²) in [6.45, 7) is 6.74. The van der Waals surface area contributed by atoms with Crippen LogP contribution in [0.3, 0.4) is 0 Å². The van der Waals surface area contributed by atoms with Gasteiger partial charge in [-0.15, -0.1) is 16.8 Å². The summed E-state index contributed by atoms with van der Waals surface area (Å²) in [5, 5.41) is 11.8. The molecule has 1 N–H and O–H groups in total. The highest BCUT2D eigenvalue weighted by Crippen LogP contribution is 2.26. The number of hydrogen-bond acceptors (Lipinski definition) is 9. The summed E-state index contributed by atoms with van der Waals surface area (Å²) in [4.78, 5) is 36.6. The molecular formula is C25H26N4O6S. The predicted molar refractivity (Wildman–Crippen MR) is 135 cm³/mol. The highest BCUT2D eigenvalue weighted by molar-refractivity contribution is 7.99. The monoisotopic (exact) mass is 510 g/mol. The summed E-state index contributed by atoms with van der Waals surface area (Å²) in [5.74, 6) is -0.263. The van der Waals surface area contributed by atoms with Gasteiger partial charge >= 0.3 is 11.9 Å². The largest absolute Gasteiger partial charge is 0.494 e. The number of allylic oxidation sites excluding steroid dienone is 1. The average molecular weight is 511 g/mol. The van der Waals surface area contributed by atoms with Crippen LogP contribution in [0.1, 0.15) is 27.6 Å². The van der Waals surface area contributed by atoms with E-state index in [-0.39, 0.29) is 28.5 Å². The van der Waals surface area contributed by atoms with Gasteiger partial charge in [0, 0.05) is 17.8 Å². The fraction of sp³-hybridized carbons (Fsp3) is 0.240. The molecule has 0 aliphatic heterocycles. The second-order valence-corrected chi connectivity index (χ2v) is 8.22. The van der Waals surface area contributed by atoms with Crippen LogP contribution in [0.5, 0.6) is 5.75 Å². The van der Waals surface area contributed by atoms with Crippen molar-refractivity contribution in [2.75, 3.05) is 31.9 Å². The van der Waals surface area contributed by atoms with Gasteiger partial charge in [0.25, 0.3) is 0 Å². The van der Waals surface area contributed by atoms with Crippen molar-refractivity contribution in [1.82, 2.24) is 14.8 Å². The molecule has 0 unspecified atom stereocenters. The lowest BCUT2D eigenvalue weighted by atomic mass is 10.1. The van der Waals surface area contributed by atoms with Crippen LogP contribution < -0.4 is 10.1 Å². The summed E-state index contributed by atoms with van der Waals surface area (Å²) in [6, 6.07) is 11.7. The van der Waals surface area contributed by atoms with Gasteiger partial charge in [0.05, 0.1) is 37.7 Å². The number of anilines is 1. The Balaban J connectivity index is 1.75. The van der Waals surface area contributed by atoms with Gasteiger partial charge in [-0.05, 0) is 49.4 Å². The molecule has 0 fully saturated rings. The molecule has 0 spiro atoms. The number of rotatable bonds is 11. The quantitative estimate of drug-likeness (QED) is 0.233. The number of esters is 2. The lowest BCUT2D eigenvalue weighted by Crippen LogP contribution is -2.16. The number of carbonyl (C=O) groups is 3. The zero-order chi connectivity index (χ0) is 26.1. The Morgan fingerprint density at radius 2 is 1.67 bits per heavy atom. The number of hydrogen-bond donors (Lipinski definition) is 1. The lowest BCUT2D eigenvalue weighted by Gasteiger charge is -2.10. The summed E-state index contributed by atoms with van der Waals surface area (Å²) in [5.41, 5.74) is 1.31. The number of nitrogens with one attached hydrogen (secondary N) is 1. The Bertz CT molecular complexity index is 1220. The minimum atomic E-state index is -0.648. The number of amides is 1. The summed E-state index contributed by atoms with van der Waals surface area (Å²) >= 11 is 1.19. The Hall–Kier alpha value is -4.12. The maximum absolute atomic E-state index is 12.7. The number of methoxy groups -OCH3 is 2. The molecule has 11 heteroatoms. The molecule has 1 aromatic heterocycles. The van der Waals surface area contributed by atoms with Crippen LogP contribution in [-0.4, -0.2) is 59.2 Å². The minimum Gasteiger partial charge on any atom is -0.494 e. The van der Waals surface area contributed by atoms with Crippen LogP contribution in [0.25, 0.3) is 11.4 Å². The zero-order valence-corrected chi connectivity index (χ0v) is 21.0. The van der Waals surface area contributed by atoms with Crippen LogP contribution in [0.15, 0.2) is 60.3 Å². The standard InChI is InChI=1S/C25H26N4O6S/c1-5-11-29-22(16-7-9-20(10-8-16)35-6-2)27-28-25(29)36-15-21(30)26-19-13-17(23(31)33-3)12-18(14-19)24(32)34-4/h5,7-10,12-14H,1,6,11,15H2,2-4H3,(H,26,30). The van der Waals surface area contributed by atoms with E-state index >= 15 is 0 Å². The summed E-state index contributed by atoms with van der Waals surface area (Å²) < 4.78 is 16.8. The molecule has 1 amide bonds. The molecule has 10 nitrogen and oxygen atoms in total. The third kappa shape index (κ3) is 6.51. The van der Waals surface area contributed by atoms with Crippen LogP contribution in [0, 0.1) is 0 Å². The van der Waals surface area contributed by atoms with E-state index in [1.165, 1.54) is 44.2 Å². The van der Waals surface area contributed by atoms with E-state index in [0.717, 1.165) is 11.3 Å². The average Bonchev–Trinajstić information content (AvgIpc) is 3.29. The molecule has 0 saturated heterocycles. The molecule has 0 aliphatic rings. The molecule has 1 heterocycles. The normalized spacial score (nSPS) is 10.4. The van der Waals surface area contributed by atoms with Gasteiger partial charge in [0.1, 0.15) is 5.75 Å². The molecule has 0 saturated carbocycles. The smallest absolute Gasteiger partial charge is 0.337 e. The first-order chi connectivity index (χ1) is 17.4. The van der Waals surface area contributed by atoms with Crippen LogP contribution in [0.4, 0.5) is 5.69 Å². The van der Waals surface area contributed by atoms with E-state index in [0.29, 0.717) is 24.1 Å². The minimum absolute atomic E-state index is 0.00850. The molecule has 3 rings (SSSR count). The van der Waals surface area contributed by atoms with E-state index in [2.05, 4.69) is 22.1 Å². The van der Waals surface area contributed by atoms with Crippen LogP contribution >= 0.6 is 11.8 Å². The number of nitrogens with zero attached hydrogens (tertiary/aromatic N) is 3. The van der Waals surface area contributed by atoms with Crippen molar-refractivity contribution < 1.29 is 28.6 Å². The van der Waals surface area contributed by atoms with Crippen molar-refractivity contribution in [3.05, 3.63) is 66.2 Å². The molecular weight excluding hydrogens is 484 g/mol. The molecule has 188 valence electrons. The van der Waals surface area contributed by atoms with E-state index in [1.807, 2.05) is 35.8 Å². The maximum atomic E-state index is 12.7. The van der Waals surface area contributed by atoms with E-state index in [9.17, 15) is 14.4 Å². The topological polar surface area (TPSA) is 122 Å². The van der Waals surface area contributed by atoms with Gasteiger partial charge in [0.2, 0.25) is 5.91 Å². The van der Waals surface area contributed by atoms with Gasteiger partial charge in [0.15, 0.2) is 11.0 Å². The zero-order valence-electron chi connectivity index (χ0n) is 20.1. The van der Waals surface area contributed by atoms with Gasteiger partial charge in [-0.25, -0.2) is 9.59 Å². The van der Waals surface area contributed by atoms with E-state index in [4.69, 9.17) is 14.2 Å². The Morgan fingerprint density at radius 1 is 1.03 bits per heavy atom. The molecule has 0 bridgehead atoms. The third-order valence-corrected chi connectivity index (χ3v) is 5.81. The first-order valence-corrected chi connectivity index (χ1v) is 11.9. The van der Waals surface area contributed by atoms with Crippen molar-refractivity contribution in [2.24, 2.45) is 0 Å². The summed E-state index contributed by atoms with van der Waals surface area (Å²) in [7, 11) is 2.45. The maximum Gasteiger partial charge on any atom is 0.337 e. The first kappa shape index (κ1) is 26.5. The van der Waals surface area contributed by atoms with Crippen molar-refractivity contribution in [3.63, 3.8) is 0 Å². The number of carbonyl (C=O) groups excluding carboxylic acids is 3. The second kappa shape index (κ2) is 12.5. The third-order valence-electron chi connectivity index (χ3n) is 4.84. The fourth-order valence-corrected chi connectivity index (χ4v) is 4.02. The van der Waals surface area contributed by atoms with Gasteiger partial charge in [-0.1, -0.05) is 17.8 Å². The Labute approximate surface area is 212 Å². The highest BCUT2D eigenvalue weighted by Gasteiger charge is 2.17. The SMILES string of the molecule is C=CCn1c(SCC(=O)Nc2cc(C(=O)OC)cc(C(=O)OC)c2)nnc1-c1ccc(OCC)cc1. The Morgan fingerprint density at radius 3 is 2.22 bits per heavy atom. The van der Waals surface area contributed by atoms with Gasteiger partial charge in [-0.3, -0.25) is 9.36 Å². The van der Waals surface area contributed by atoms with Crippen molar-refractivity contribution in [3.8, 4) is 17.1 Å². The highest BCUT2D eigenvalue weighted by atomic mass is 32.2. The molecule has 3 aromatic rings. The molecule has 36 heavy (non-hydrogen) atoms. The van der Waals surface area contributed by atoms with E-state index in [1.54, 1.807) is 6.08 Å².